The third-order valence-electron chi connectivity index (χ3n) is 2.94. The lowest BCUT2D eigenvalue weighted by atomic mass is 9.97. The molecule has 0 aliphatic carbocycles. The predicted octanol–water partition coefficient (Wildman–Crippen LogP) is 2.34. The van der Waals surface area contributed by atoms with E-state index >= 15 is 0 Å². The van der Waals surface area contributed by atoms with Gasteiger partial charge in [-0.25, -0.2) is 9.97 Å². The summed E-state index contributed by atoms with van der Waals surface area (Å²) in [5, 5.41) is 10.0. The van der Waals surface area contributed by atoms with E-state index in [9.17, 15) is 0 Å². The average molecular weight is 304 g/mol. The molecule has 0 atom stereocenters. The molecule has 0 aliphatic rings. The second-order valence-electron chi connectivity index (χ2n) is 5.74. The van der Waals surface area contributed by atoms with Gasteiger partial charge < -0.3 is 4.52 Å². The molecule has 21 heavy (non-hydrogen) atoms. The third-order valence-corrected chi connectivity index (χ3v) is 3.94. The summed E-state index contributed by atoms with van der Waals surface area (Å²) in [6.45, 7) is 6.13. The first-order chi connectivity index (χ1) is 9.95. The molecule has 8 heteroatoms. The van der Waals surface area contributed by atoms with Gasteiger partial charge in [0.2, 0.25) is 5.89 Å². The van der Waals surface area contributed by atoms with E-state index in [2.05, 4.69) is 25.2 Å². The van der Waals surface area contributed by atoms with Crippen LogP contribution in [0.1, 0.15) is 32.5 Å². The molecule has 0 amide bonds. The largest absolute Gasteiger partial charge is 0.339 e. The fraction of sp³-hybridized carbons (Fsp3) is 0.462. The van der Waals surface area contributed by atoms with Crippen LogP contribution in [0.3, 0.4) is 0 Å². The van der Waals surface area contributed by atoms with Gasteiger partial charge in [-0.1, -0.05) is 37.7 Å². The summed E-state index contributed by atoms with van der Waals surface area (Å²) in [4.78, 5) is 12.9. The zero-order chi connectivity index (χ0) is 15.0. The average Bonchev–Trinajstić information content (AvgIpc) is 3.04. The van der Waals surface area contributed by atoms with E-state index in [1.807, 2.05) is 27.8 Å². The van der Waals surface area contributed by atoms with Crippen LogP contribution in [-0.4, -0.2) is 29.9 Å². The minimum atomic E-state index is -0.137. The highest BCUT2D eigenvalue weighted by Crippen LogP contribution is 2.27. The lowest BCUT2D eigenvalue weighted by molar-refractivity contribution is 0.319. The van der Waals surface area contributed by atoms with Crippen LogP contribution in [0.5, 0.6) is 0 Å². The highest BCUT2D eigenvalue weighted by Gasteiger charge is 2.21. The molecule has 3 aromatic rings. The molecule has 0 bridgehead atoms. The molecular formula is C13H16N6OS. The van der Waals surface area contributed by atoms with Gasteiger partial charge in [-0.3, -0.25) is 4.68 Å². The van der Waals surface area contributed by atoms with Crippen molar-refractivity contribution in [3.8, 4) is 0 Å². The van der Waals surface area contributed by atoms with Gasteiger partial charge in [0.25, 0.3) is 0 Å². The third kappa shape index (κ3) is 2.76. The number of nitrogens with zero attached hydrogens (tertiary/aromatic N) is 6. The molecule has 3 rings (SSSR count). The number of aromatic nitrogens is 6. The lowest BCUT2D eigenvalue weighted by Gasteiger charge is -2.10. The van der Waals surface area contributed by atoms with Crippen LogP contribution < -0.4 is 0 Å². The Hall–Kier alpha value is -1.96. The summed E-state index contributed by atoms with van der Waals surface area (Å²) >= 11 is 1.55. The zero-order valence-corrected chi connectivity index (χ0v) is 13.2. The van der Waals surface area contributed by atoms with Gasteiger partial charge in [0, 0.05) is 12.5 Å². The van der Waals surface area contributed by atoms with Crippen molar-refractivity contribution >= 4 is 22.8 Å². The molecule has 0 N–H and O–H groups in total. The number of hydrogen-bond donors (Lipinski definition) is 0. The summed E-state index contributed by atoms with van der Waals surface area (Å²) in [6, 6.07) is 0. The Morgan fingerprint density at radius 3 is 2.81 bits per heavy atom. The fourth-order valence-electron chi connectivity index (χ4n) is 1.81. The molecule has 0 unspecified atom stereocenters. The second-order valence-corrected chi connectivity index (χ2v) is 6.70. The van der Waals surface area contributed by atoms with Crippen LogP contribution >= 0.6 is 11.8 Å². The van der Waals surface area contributed by atoms with E-state index < -0.39 is 0 Å². The van der Waals surface area contributed by atoms with Crippen molar-refractivity contribution in [1.29, 1.82) is 0 Å². The van der Waals surface area contributed by atoms with Crippen LogP contribution in [-0.2, 0) is 18.2 Å². The number of thioether (sulfide) groups is 1. The van der Waals surface area contributed by atoms with E-state index in [1.165, 1.54) is 0 Å². The van der Waals surface area contributed by atoms with Crippen LogP contribution in [0, 0.1) is 0 Å². The number of fused-ring (bicyclic) bond motifs is 1. The monoisotopic (exact) mass is 304 g/mol. The van der Waals surface area contributed by atoms with Crippen molar-refractivity contribution in [2.45, 2.75) is 37.0 Å². The summed E-state index contributed by atoms with van der Waals surface area (Å²) < 4.78 is 7.01. The maximum atomic E-state index is 5.29. The smallest absolute Gasteiger partial charge is 0.232 e. The van der Waals surface area contributed by atoms with Crippen LogP contribution in [0.4, 0.5) is 0 Å². The molecule has 7 nitrogen and oxygen atoms in total. The minimum Gasteiger partial charge on any atom is -0.339 e. The van der Waals surface area contributed by atoms with Gasteiger partial charge >= 0.3 is 0 Å². The minimum absolute atomic E-state index is 0.137. The van der Waals surface area contributed by atoms with E-state index in [0.29, 0.717) is 17.5 Å². The van der Waals surface area contributed by atoms with Gasteiger partial charge in [-0.2, -0.15) is 10.1 Å². The molecular weight excluding hydrogens is 288 g/mol. The van der Waals surface area contributed by atoms with Crippen molar-refractivity contribution in [3.63, 3.8) is 0 Å². The Labute approximate surface area is 126 Å². The van der Waals surface area contributed by atoms with Crippen molar-refractivity contribution in [1.82, 2.24) is 29.9 Å². The molecule has 3 heterocycles. The summed E-state index contributed by atoms with van der Waals surface area (Å²) in [5.41, 5.74) is 0.678. The number of hydrogen-bond acceptors (Lipinski definition) is 7. The Morgan fingerprint density at radius 2 is 2.10 bits per heavy atom. The number of aryl methyl sites for hydroxylation is 1. The Bertz CT molecular complexity index is 772. The van der Waals surface area contributed by atoms with E-state index in [-0.39, 0.29) is 5.41 Å². The molecule has 0 fully saturated rings. The van der Waals surface area contributed by atoms with Gasteiger partial charge in [0.05, 0.1) is 17.3 Å². The van der Waals surface area contributed by atoms with Crippen molar-refractivity contribution in [2.24, 2.45) is 7.05 Å². The first kappa shape index (κ1) is 14.0. The fourth-order valence-corrected chi connectivity index (χ4v) is 2.61. The van der Waals surface area contributed by atoms with Crippen molar-refractivity contribution < 1.29 is 4.52 Å². The molecule has 0 aromatic carbocycles. The topological polar surface area (TPSA) is 82.5 Å². The quantitative estimate of drug-likeness (QED) is 0.542. The van der Waals surface area contributed by atoms with E-state index in [0.717, 1.165) is 16.1 Å². The van der Waals surface area contributed by atoms with Crippen molar-refractivity contribution in [2.75, 3.05) is 0 Å². The Morgan fingerprint density at radius 1 is 1.29 bits per heavy atom. The van der Waals surface area contributed by atoms with E-state index in [4.69, 9.17) is 4.52 Å². The molecule has 0 aliphatic heterocycles. The van der Waals surface area contributed by atoms with Crippen molar-refractivity contribution in [3.05, 3.63) is 24.2 Å². The molecule has 0 saturated carbocycles. The SMILES string of the molecule is Cn1ncc2c(SCc3noc(C(C)(C)C)n3)ncnc21. The van der Waals surface area contributed by atoms with Crippen LogP contribution in [0.2, 0.25) is 0 Å². The van der Waals surface area contributed by atoms with Gasteiger partial charge in [0.15, 0.2) is 11.5 Å². The van der Waals surface area contributed by atoms with E-state index in [1.54, 1.807) is 29.0 Å². The molecule has 110 valence electrons. The first-order valence-corrected chi connectivity index (χ1v) is 7.52. The highest BCUT2D eigenvalue weighted by molar-refractivity contribution is 7.98. The molecule has 0 spiro atoms. The summed E-state index contributed by atoms with van der Waals surface area (Å²) in [5.74, 6) is 1.91. The molecule has 0 radical (unpaired) electrons. The maximum Gasteiger partial charge on any atom is 0.232 e. The molecule has 0 saturated heterocycles. The van der Waals surface area contributed by atoms with Gasteiger partial charge in [0.1, 0.15) is 11.4 Å². The summed E-state index contributed by atoms with van der Waals surface area (Å²) in [6.07, 6.45) is 3.32. The standard InChI is InChI=1S/C13H16N6OS/c1-13(2,3)12-17-9(18-20-12)6-21-11-8-5-16-19(4)10(8)14-7-15-11/h5,7H,6H2,1-4H3. The predicted molar refractivity (Wildman–Crippen MR) is 78.9 cm³/mol. The van der Waals surface area contributed by atoms with Gasteiger partial charge in [-0.15, -0.1) is 0 Å². The first-order valence-electron chi connectivity index (χ1n) is 6.54. The lowest BCUT2D eigenvalue weighted by Crippen LogP contribution is -2.11. The highest BCUT2D eigenvalue weighted by atomic mass is 32.2. The maximum absolute atomic E-state index is 5.29. The number of rotatable bonds is 3. The van der Waals surface area contributed by atoms with Gasteiger partial charge in [-0.05, 0) is 0 Å². The molecule has 3 aromatic heterocycles. The zero-order valence-electron chi connectivity index (χ0n) is 12.4. The second kappa shape index (κ2) is 5.10. The summed E-state index contributed by atoms with van der Waals surface area (Å²) in [7, 11) is 1.86. The Kier molecular flexibility index (Phi) is 3.40. The van der Waals surface area contributed by atoms with Crippen LogP contribution in [0.25, 0.3) is 11.0 Å². The normalized spacial score (nSPS) is 12.2. The Balaban J connectivity index is 1.79. The van der Waals surface area contributed by atoms with Crippen LogP contribution in [0.15, 0.2) is 22.1 Å².